The second-order valence-electron chi connectivity index (χ2n) is 6.25. The fraction of sp³-hybridized carbons (Fsp3) is 0.353. The lowest BCUT2D eigenvalue weighted by molar-refractivity contribution is -0.621. The third-order valence-electron chi connectivity index (χ3n) is 4.73. The number of carbonyl (C=O) groups is 3. The first-order valence-electron chi connectivity index (χ1n) is 8.32. The highest BCUT2D eigenvalue weighted by Gasteiger charge is 2.47. The Morgan fingerprint density at radius 1 is 1.30 bits per heavy atom. The Bertz CT molecular complexity index is 888. The molecule has 1 fully saturated rings. The van der Waals surface area contributed by atoms with Crippen molar-refractivity contribution >= 4 is 17.8 Å². The van der Waals surface area contributed by atoms with Crippen LogP contribution in [-0.2, 0) is 16.1 Å². The van der Waals surface area contributed by atoms with Crippen LogP contribution in [0.25, 0.3) is 0 Å². The number of aromatic nitrogens is 3. The molecule has 0 bridgehead atoms. The maximum atomic E-state index is 12.9. The topological polar surface area (TPSA) is 140 Å². The minimum atomic E-state index is -1.35. The molecule has 0 aliphatic carbocycles. The molecular weight excluding hydrogens is 354 g/mol. The molecule has 142 valence electrons. The number of rotatable bonds is 5. The molecule has 0 radical (unpaired) electrons. The summed E-state index contributed by atoms with van der Waals surface area (Å²) in [6.45, 7) is 3.21. The van der Waals surface area contributed by atoms with E-state index in [4.69, 9.17) is 0 Å². The van der Waals surface area contributed by atoms with Gasteiger partial charge in [-0.3, -0.25) is 25.2 Å². The molecule has 3 rings (SSSR count). The molecule has 1 saturated heterocycles. The van der Waals surface area contributed by atoms with Crippen molar-refractivity contribution in [1.82, 2.24) is 20.2 Å². The number of nitrogens with zero attached hydrogens (tertiary/aromatic N) is 3. The molecule has 3 N–H and O–H groups in total. The molecule has 0 spiro atoms. The summed E-state index contributed by atoms with van der Waals surface area (Å²) >= 11 is 0. The number of hydrogen-bond acceptors (Lipinski definition) is 6. The maximum absolute atomic E-state index is 12.9. The molecule has 4 amide bonds. The minimum Gasteiger partial charge on any atom is -0.711 e. The number of urea groups is 1. The Hall–Kier alpha value is -3.27. The van der Waals surface area contributed by atoms with Gasteiger partial charge in [0.15, 0.2) is 0 Å². The van der Waals surface area contributed by atoms with Crippen LogP contribution in [0.1, 0.15) is 28.7 Å². The number of imidazole rings is 1. The first kappa shape index (κ1) is 18.5. The van der Waals surface area contributed by atoms with Crippen molar-refractivity contribution in [3.05, 3.63) is 52.5 Å². The van der Waals surface area contributed by atoms with E-state index in [0.717, 1.165) is 0 Å². The van der Waals surface area contributed by atoms with Crippen molar-refractivity contribution in [1.29, 1.82) is 0 Å². The molecule has 3 heterocycles. The predicted molar refractivity (Wildman–Crippen MR) is 91.2 cm³/mol. The molecule has 1 aliphatic heterocycles. The van der Waals surface area contributed by atoms with E-state index in [9.17, 15) is 24.7 Å². The fourth-order valence-corrected chi connectivity index (χ4v) is 3.35. The molecule has 0 saturated carbocycles. The number of aliphatic hydroxyl groups excluding tert-OH is 1. The van der Waals surface area contributed by atoms with Gasteiger partial charge in [-0.15, -0.1) is 0 Å². The van der Waals surface area contributed by atoms with Gasteiger partial charge in [-0.1, -0.05) is 6.07 Å². The number of pyridine rings is 1. The summed E-state index contributed by atoms with van der Waals surface area (Å²) in [5.74, 6) is -3.83. The van der Waals surface area contributed by atoms with Gasteiger partial charge >= 0.3 is 6.03 Å². The van der Waals surface area contributed by atoms with Gasteiger partial charge in [0, 0.05) is 26.2 Å². The highest BCUT2D eigenvalue weighted by Crippen LogP contribution is 2.33. The van der Waals surface area contributed by atoms with E-state index in [-0.39, 0.29) is 19.0 Å². The summed E-state index contributed by atoms with van der Waals surface area (Å²) in [7, 11) is 0. The molecule has 2 aromatic heterocycles. The summed E-state index contributed by atoms with van der Waals surface area (Å²) in [5.41, 5.74) is 1.46. The zero-order valence-corrected chi connectivity index (χ0v) is 14.8. The van der Waals surface area contributed by atoms with Gasteiger partial charge in [-0.2, -0.15) is 0 Å². The molecule has 2 aromatic rings. The Morgan fingerprint density at radius 3 is 2.52 bits per heavy atom. The smallest absolute Gasteiger partial charge is 0.328 e. The SMILES string of the molecule is Cc1c(C)[n+]([O-])c([C@@H](c2cccnc2)C2C(=O)NC(=O)NC2=O)n1CCO. The molecule has 1 atom stereocenters. The molecular formula is C17H19N5O5. The molecule has 10 nitrogen and oxygen atoms in total. The van der Waals surface area contributed by atoms with Crippen molar-refractivity contribution in [3.63, 3.8) is 0 Å². The summed E-state index contributed by atoms with van der Waals surface area (Å²) in [6, 6.07) is 2.37. The molecule has 0 aromatic carbocycles. The van der Waals surface area contributed by atoms with Crippen LogP contribution in [0.4, 0.5) is 4.79 Å². The lowest BCUT2D eigenvalue weighted by atomic mass is 9.83. The third-order valence-corrected chi connectivity index (χ3v) is 4.73. The van der Waals surface area contributed by atoms with Crippen LogP contribution in [-0.4, -0.2) is 39.1 Å². The van der Waals surface area contributed by atoms with E-state index in [0.29, 0.717) is 21.7 Å². The van der Waals surface area contributed by atoms with Gasteiger partial charge in [0.1, 0.15) is 29.8 Å². The zero-order chi connectivity index (χ0) is 19.7. The van der Waals surface area contributed by atoms with Crippen molar-refractivity contribution in [2.24, 2.45) is 5.92 Å². The second-order valence-corrected chi connectivity index (χ2v) is 6.25. The zero-order valence-electron chi connectivity index (χ0n) is 14.8. The molecule has 10 heteroatoms. The number of hydrogen-bond donors (Lipinski definition) is 3. The van der Waals surface area contributed by atoms with E-state index in [1.165, 1.54) is 12.4 Å². The van der Waals surface area contributed by atoms with Crippen LogP contribution in [0.5, 0.6) is 0 Å². The first-order chi connectivity index (χ1) is 12.9. The fourth-order valence-electron chi connectivity index (χ4n) is 3.35. The quantitative estimate of drug-likeness (QED) is 0.357. The van der Waals surface area contributed by atoms with Crippen LogP contribution in [0.2, 0.25) is 0 Å². The summed E-state index contributed by atoms with van der Waals surface area (Å²) in [4.78, 5) is 40.4. The summed E-state index contributed by atoms with van der Waals surface area (Å²) in [5, 5.41) is 26.5. The van der Waals surface area contributed by atoms with Crippen LogP contribution >= 0.6 is 0 Å². The number of barbiturate groups is 1. The van der Waals surface area contributed by atoms with Gasteiger partial charge in [0.05, 0.1) is 6.61 Å². The van der Waals surface area contributed by atoms with Gasteiger partial charge in [-0.25, -0.2) is 14.1 Å². The number of aliphatic hydroxyl groups is 1. The Balaban J connectivity index is 2.24. The van der Waals surface area contributed by atoms with Crippen LogP contribution < -0.4 is 15.4 Å². The third kappa shape index (κ3) is 3.14. The van der Waals surface area contributed by atoms with E-state index in [2.05, 4.69) is 15.6 Å². The van der Waals surface area contributed by atoms with E-state index >= 15 is 0 Å². The van der Waals surface area contributed by atoms with Gasteiger partial charge in [-0.05, 0) is 11.6 Å². The van der Waals surface area contributed by atoms with Gasteiger partial charge < -0.3 is 10.3 Å². The number of nitrogens with one attached hydrogen (secondary N) is 2. The highest BCUT2D eigenvalue weighted by atomic mass is 16.5. The Morgan fingerprint density at radius 2 is 1.96 bits per heavy atom. The molecule has 1 aliphatic rings. The molecule has 0 unspecified atom stereocenters. The highest BCUT2D eigenvalue weighted by molar-refractivity contribution is 6.16. The number of carbonyl (C=O) groups excluding carboxylic acids is 3. The standard InChI is InChI=1S/C17H19N5O5/c1-9-10(2)22(27)16(21(9)6-7-23)12(11-4-3-5-18-8-11)13-14(24)19-17(26)20-15(13)25/h3-5,8,12-13,23H,6-7H2,1-2H3,(H2,19,20,24,25,26)/t12-/m0/s1. The van der Waals surface area contributed by atoms with E-state index in [1.807, 2.05) is 0 Å². The molecule has 27 heavy (non-hydrogen) atoms. The normalized spacial score (nSPS) is 16.2. The minimum absolute atomic E-state index is 0.114. The van der Waals surface area contributed by atoms with E-state index in [1.54, 1.807) is 30.5 Å². The van der Waals surface area contributed by atoms with E-state index < -0.39 is 29.7 Å². The van der Waals surface area contributed by atoms with Crippen LogP contribution in [0.3, 0.4) is 0 Å². The van der Waals surface area contributed by atoms with Crippen molar-refractivity contribution in [3.8, 4) is 0 Å². The summed E-state index contributed by atoms with van der Waals surface area (Å²) < 4.78 is 2.23. The van der Waals surface area contributed by atoms with Crippen LogP contribution in [0.15, 0.2) is 24.5 Å². The van der Waals surface area contributed by atoms with Crippen molar-refractivity contribution in [2.45, 2.75) is 26.3 Å². The lowest BCUT2D eigenvalue weighted by Gasteiger charge is -2.27. The van der Waals surface area contributed by atoms with Crippen molar-refractivity contribution in [2.75, 3.05) is 6.61 Å². The predicted octanol–water partition coefficient (Wildman–Crippen LogP) is -0.760. The lowest BCUT2D eigenvalue weighted by Crippen LogP contribution is -2.58. The Labute approximate surface area is 154 Å². The maximum Gasteiger partial charge on any atom is 0.328 e. The average molecular weight is 373 g/mol. The number of amides is 4. The van der Waals surface area contributed by atoms with Gasteiger partial charge in [0.25, 0.3) is 5.82 Å². The summed E-state index contributed by atoms with van der Waals surface area (Å²) in [6.07, 6.45) is 2.99. The van der Waals surface area contributed by atoms with Crippen molar-refractivity contribution < 1.29 is 24.2 Å². The number of imide groups is 2. The average Bonchev–Trinajstić information content (AvgIpc) is 2.83. The first-order valence-corrected chi connectivity index (χ1v) is 8.32. The monoisotopic (exact) mass is 373 g/mol. The second kappa shape index (κ2) is 7.16. The Kier molecular flexibility index (Phi) is 4.91. The van der Waals surface area contributed by atoms with Gasteiger partial charge in [0.2, 0.25) is 11.8 Å². The largest absolute Gasteiger partial charge is 0.711 e. The van der Waals surface area contributed by atoms with Crippen LogP contribution in [0, 0.1) is 25.0 Å².